The molecule has 114 heavy (non-hydrogen) atoms. The molecule has 0 fully saturated rings. The summed E-state index contributed by atoms with van der Waals surface area (Å²) in [7, 11) is -9.69. The quantitative estimate of drug-likeness (QED) is 0.00987. The molecular formula is C86H158N4Na2O20P2. The van der Waals surface area contributed by atoms with Gasteiger partial charge in [0.25, 0.3) is 11.8 Å². The zero-order chi connectivity index (χ0) is 82.2. The molecule has 1 aromatic rings. The molecule has 0 radical (unpaired) electrons. The Morgan fingerprint density at radius 2 is 0.684 bits per heavy atom. The third-order valence-electron chi connectivity index (χ3n) is 19.4. The van der Waals surface area contributed by atoms with Gasteiger partial charge in [-0.15, -0.1) is 0 Å². The predicted molar refractivity (Wildman–Crippen MR) is 448 cm³/mol. The molecule has 8 atom stereocenters. The summed E-state index contributed by atoms with van der Waals surface area (Å²) in [5.74, 6) is -3.21. The maximum absolute atomic E-state index is 13.9. The fraction of sp³-hybridized carbons (Fsp3) is 0.814. The fourth-order valence-corrected chi connectivity index (χ4v) is 14.2. The van der Waals surface area contributed by atoms with Crippen molar-refractivity contribution in [1.82, 2.24) is 21.3 Å². The van der Waals surface area contributed by atoms with Crippen molar-refractivity contribution in [3.63, 3.8) is 0 Å². The van der Waals surface area contributed by atoms with Crippen LogP contribution in [0.5, 0.6) is 0 Å². The second kappa shape index (κ2) is 79.1. The van der Waals surface area contributed by atoms with Crippen LogP contribution >= 0.6 is 15.6 Å². The first-order valence-electron chi connectivity index (χ1n) is 43.9. The molecule has 0 saturated heterocycles. The fourth-order valence-electron chi connectivity index (χ4n) is 12.7. The molecule has 0 saturated carbocycles. The Labute approximate surface area is 735 Å². The van der Waals surface area contributed by atoms with Crippen molar-refractivity contribution in [2.45, 2.75) is 386 Å². The number of benzene rings is 1. The van der Waals surface area contributed by atoms with Crippen LogP contribution in [0.4, 0.5) is 0 Å². The van der Waals surface area contributed by atoms with Crippen LogP contribution in [0.25, 0.3) is 0 Å². The first-order valence-corrected chi connectivity index (χ1v) is 46.9. The number of hydrogen-bond acceptors (Lipinski definition) is 18. The van der Waals surface area contributed by atoms with E-state index in [1.807, 2.05) is 0 Å². The largest absolute Gasteiger partial charge is 1.00 e. The molecule has 0 aromatic heterocycles. The van der Waals surface area contributed by atoms with Gasteiger partial charge in [0, 0.05) is 39.1 Å². The van der Waals surface area contributed by atoms with Gasteiger partial charge in [0.05, 0.1) is 87.9 Å². The van der Waals surface area contributed by atoms with Gasteiger partial charge in [-0.3, -0.25) is 46.9 Å². The van der Waals surface area contributed by atoms with Crippen LogP contribution < -0.4 is 80.4 Å². The number of aliphatic hydroxyl groups is 2. The molecule has 1 aromatic carbocycles. The molecule has 0 spiro atoms. The van der Waals surface area contributed by atoms with E-state index in [0.29, 0.717) is 51.4 Å². The van der Waals surface area contributed by atoms with Gasteiger partial charge in [0.1, 0.15) is 12.2 Å². The van der Waals surface area contributed by atoms with Crippen LogP contribution in [0.2, 0.25) is 0 Å². The van der Waals surface area contributed by atoms with Crippen molar-refractivity contribution in [2.24, 2.45) is 0 Å². The van der Waals surface area contributed by atoms with Gasteiger partial charge in [-0.2, -0.15) is 0 Å². The van der Waals surface area contributed by atoms with Crippen molar-refractivity contribution in [2.75, 3.05) is 65.9 Å². The number of carbonyl (C=O) groups excluding carboxylic acids is 6. The number of allylic oxidation sites excluding steroid dienone is 4. The predicted octanol–water partition coefficient (Wildman–Crippen LogP) is 13.2. The molecule has 28 heteroatoms. The van der Waals surface area contributed by atoms with Gasteiger partial charge >= 0.3 is 86.7 Å². The minimum Gasteiger partial charge on any atom is -1.00 e. The number of aliphatic hydroxyl groups excluding tert-OH is 2. The Hall–Kier alpha value is -2.42. The van der Waals surface area contributed by atoms with E-state index in [9.17, 15) is 57.9 Å². The number of carbonyl (C=O) groups is 6. The number of unbranched alkanes of at least 4 members (excludes halogenated alkanes) is 30. The van der Waals surface area contributed by atoms with E-state index in [1.54, 1.807) is 0 Å². The van der Waals surface area contributed by atoms with Crippen molar-refractivity contribution >= 4 is 51.2 Å². The van der Waals surface area contributed by atoms with Crippen molar-refractivity contribution in [3.8, 4) is 0 Å². The Kier molecular flexibility index (Phi) is 78.8. The number of phosphoric ester groups is 2. The Morgan fingerprint density at radius 1 is 0.386 bits per heavy atom. The molecule has 0 aliphatic heterocycles. The van der Waals surface area contributed by atoms with Crippen molar-refractivity contribution in [3.05, 3.63) is 59.7 Å². The summed E-state index contributed by atoms with van der Waals surface area (Å²) in [6, 6.07) is 3.90. The first kappa shape index (κ1) is 114. The number of nitrogens with one attached hydrogen (secondary N) is 4. The molecule has 8 N–H and O–H groups in total. The number of amides is 4. The topological polar surface area (TPSA) is 339 Å². The normalized spacial score (nSPS) is 14.2. The van der Waals surface area contributed by atoms with Gasteiger partial charge in [0.15, 0.2) is 0 Å². The number of esters is 2. The first-order chi connectivity index (χ1) is 54.2. The SMILES string of the molecule is CCCCCC/C=C/CCCC(=O)O[C@H](CCCCCCC)CC(=O)NC(COCC[C@H](O)CCCCCCC)COP(=O)(O)OCCNC(=O)c1ccccc1C(=O)NCCOP(=O)(O)OCC(COCC[C@H](O)CCCCCCC)NC(=O)C[C@@H](CCCCCCCCCCC)OC(=O)CCC/C=C/CCCCCC.[H-].[H-].[Na+].[Na+]. The second-order valence-corrected chi connectivity index (χ2v) is 33.0. The summed E-state index contributed by atoms with van der Waals surface area (Å²) in [6.45, 7) is 10.2. The summed E-state index contributed by atoms with van der Waals surface area (Å²) >= 11 is 0. The summed E-state index contributed by atoms with van der Waals surface area (Å²) in [5.41, 5.74) is -0.148. The number of ether oxygens (including phenoxy) is 4. The summed E-state index contributed by atoms with van der Waals surface area (Å²) < 4.78 is 71.6. The van der Waals surface area contributed by atoms with Gasteiger partial charge in [-0.1, -0.05) is 258 Å². The average molecular weight is 1680 g/mol. The molecule has 654 valence electrons. The van der Waals surface area contributed by atoms with Gasteiger partial charge in [-0.25, -0.2) is 9.13 Å². The van der Waals surface area contributed by atoms with Gasteiger partial charge < -0.3 is 63.1 Å². The Balaban J connectivity index is -0.0000157. The standard InChI is InChI=1S/C86H156N4O20P2.2Na.2H/c1-7-13-19-25-28-31-34-40-46-54-78(110-84(96)58-48-42-36-33-30-27-21-15-9-3)68-82(94)90-74(70-104-64-60-76(92)52-44-38-23-17-11-5)72-108-112(101,102)106-66-62-88-86(98)80-56-50-49-55-79(80)85(97)87-61-65-105-111(99,100)107-71-73(69-103-63-59-75(91)51-43-37-22-16-10-4)89-81(93)67-77(53-45-39-24-18-12-6)109-83(95)57-47-41-35-32-29-26-20-14-8-2;;;;/h32-33,35-36,49-50,55-56,73-78,91-92H,7-31,34,37-48,51-54,57-72H2,1-6H3,(H,87,97)(H,88,98)(H,89,93)(H,90,94)(H,99,100)(H,101,102);;;;/q;2*+1;2*-1/b35-32+,36-33+;;;;/t73?,74?,75-,76-,77-,78-;;;;/m1..../s1. The minimum atomic E-state index is -4.85. The molecule has 24 nitrogen and oxygen atoms in total. The molecule has 0 heterocycles. The maximum atomic E-state index is 13.9. The van der Waals surface area contributed by atoms with Crippen LogP contribution in [0.15, 0.2) is 48.6 Å². The van der Waals surface area contributed by atoms with Crippen molar-refractivity contribution in [1.29, 1.82) is 0 Å². The van der Waals surface area contributed by atoms with Crippen LogP contribution in [0.1, 0.15) is 373 Å². The molecule has 0 aliphatic carbocycles. The average Bonchev–Trinajstić information content (AvgIpc) is 0.838. The smallest absolute Gasteiger partial charge is 1.00 e. The third kappa shape index (κ3) is 69.3. The minimum absolute atomic E-state index is 0. The Morgan fingerprint density at radius 3 is 1.02 bits per heavy atom. The molecule has 4 amide bonds. The van der Waals surface area contributed by atoms with E-state index in [0.717, 1.165) is 161 Å². The van der Waals surface area contributed by atoms with E-state index < -0.39 is 102 Å². The zero-order valence-corrected chi connectivity index (χ0v) is 78.1. The number of rotatable bonds is 80. The van der Waals surface area contributed by atoms with Crippen LogP contribution in [0.3, 0.4) is 0 Å². The number of hydrogen-bond donors (Lipinski definition) is 8. The molecular weight excluding hydrogens is 1520 g/mol. The monoisotopic (exact) mass is 1680 g/mol. The van der Waals surface area contributed by atoms with Crippen LogP contribution in [-0.2, 0) is 65.4 Å². The summed E-state index contributed by atoms with van der Waals surface area (Å²) in [6.07, 6.45) is 48.4. The molecule has 4 unspecified atom stereocenters. The van der Waals surface area contributed by atoms with E-state index in [1.165, 1.54) is 94.9 Å². The summed E-state index contributed by atoms with van der Waals surface area (Å²) in [4.78, 5) is 103. The Bertz CT molecular complexity index is 2700. The second-order valence-electron chi connectivity index (χ2n) is 30.1. The number of phosphoric acid groups is 2. The van der Waals surface area contributed by atoms with E-state index in [2.05, 4.69) is 87.1 Å². The van der Waals surface area contributed by atoms with Crippen LogP contribution in [0, 0.1) is 0 Å². The van der Waals surface area contributed by atoms with Crippen molar-refractivity contribution < 1.29 is 157 Å². The van der Waals surface area contributed by atoms with E-state index >= 15 is 0 Å². The summed E-state index contributed by atoms with van der Waals surface area (Å²) in [5, 5.41) is 32.1. The zero-order valence-electron chi connectivity index (χ0n) is 74.3. The molecule has 1 rings (SSSR count). The van der Waals surface area contributed by atoms with E-state index in [-0.39, 0.29) is 150 Å². The molecule has 0 aliphatic rings. The van der Waals surface area contributed by atoms with Gasteiger partial charge in [0.2, 0.25) is 11.8 Å². The molecule has 0 bridgehead atoms. The third-order valence-corrected chi connectivity index (χ3v) is 21.4. The van der Waals surface area contributed by atoms with E-state index in [4.69, 9.17) is 37.0 Å². The van der Waals surface area contributed by atoms with Gasteiger partial charge in [-0.05, 0) is 115 Å². The maximum Gasteiger partial charge on any atom is 1.00 e. The van der Waals surface area contributed by atoms with Crippen LogP contribution in [-0.4, -0.2) is 158 Å².